The number of benzene rings is 1. The summed E-state index contributed by atoms with van der Waals surface area (Å²) >= 11 is 12.3. The van der Waals surface area contributed by atoms with Crippen LogP contribution in [0.15, 0.2) is 24.3 Å². The fourth-order valence-electron chi connectivity index (χ4n) is 4.03. The minimum atomic E-state index is -0.915. The first-order chi connectivity index (χ1) is 13.0. The average Bonchev–Trinajstić information content (AvgIpc) is 3.43. The molecule has 0 radical (unpaired) electrons. The Labute approximate surface area is 168 Å². The number of carboxylic acid groups (broad SMARTS) is 1. The molecule has 0 spiro atoms. The van der Waals surface area contributed by atoms with Gasteiger partial charge in [0.05, 0.1) is 15.7 Å². The van der Waals surface area contributed by atoms with E-state index in [2.05, 4.69) is 10.4 Å². The molecule has 2 N–H and O–H groups in total. The standard InChI is InChI=1S/C20H23Cl2N3O2/c21-16-6-5-13(8-17(16)22)15-2-1-7-23-10-14(15)11-25-19(20(26)27)9-18(24-25)12-3-4-12/h5-6,8-9,12,14-15,23H,1-4,7,10-11H2,(H,26,27)/t14-,15-/m0/s1. The van der Waals surface area contributed by atoms with Gasteiger partial charge in [0, 0.05) is 19.0 Å². The molecule has 5 nitrogen and oxygen atoms in total. The predicted molar refractivity (Wildman–Crippen MR) is 106 cm³/mol. The molecule has 1 aliphatic heterocycles. The van der Waals surface area contributed by atoms with Gasteiger partial charge in [0.1, 0.15) is 5.69 Å². The number of aromatic nitrogens is 2. The molecule has 1 aromatic carbocycles. The number of hydrogen-bond donors (Lipinski definition) is 2. The van der Waals surface area contributed by atoms with Crippen molar-refractivity contribution in [3.05, 3.63) is 51.3 Å². The van der Waals surface area contributed by atoms with Crippen LogP contribution in [-0.4, -0.2) is 33.9 Å². The van der Waals surface area contributed by atoms with E-state index in [0.29, 0.717) is 22.5 Å². The smallest absolute Gasteiger partial charge is 0.354 e. The Morgan fingerprint density at radius 1 is 1.22 bits per heavy atom. The molecule has 0 amide bonds. The third-order valence-electron chi connectivity index (χ3n) is 5.64. The molecule has 2 atom stereocenters. The van der Waals surface area contributed by atoms with Crippen molar-refractivity contribution in [1.82, 2.24) is 15.1 Å². The highest BCUT2D eigenvalue weighted by molar-refractivity contribution is 6.42. The minimum Gasteiger partial charge on any atom is -0.477 e. The Morgan fingerprint density at radius 2 is 2.04 bits per heavy atom. The van der Waals surface area contributed by atoms with E-state index in [9.17, 15) is 9.90 Å². The molecule has 2 heterocycles. The van der Waals surface area contributed by atoms with Crippen LogP contribution in [0.1, 0.15) is 59.3 Å². The number of halogens is 2. The lowest BCUT2D eigenvalue weighted by molar-refractivity contribution is 0.0681. The molecule has 4 rings (SSSR count). The van der Waals surface area contributed by atoms with Crippen molar-refractivity contribution in [3.63, 3.8) is 0 Å². The van der Waals surface area contributed by atoms with Crippen molar-refractivity contribution in [2.24, 2.45) is 5.92 Å². The fourth-order valence-corrected chi connectivity index (χ4v) is 4.34. The molecule has 144 valence electrons. The molecular formula is C20H23Cl2N3O2. The Bertz CT molecular complexity index is 848. The lowest BCUT2D eigenvalue weighted by Gasteiger charge is -2.26. The van der Waals surface area contributed by atoms with E-state index >= 15 is 0 Å². The Morgan fingerprint density at radius 3 is 2.74 bits per heavy atom. The summed E-state index contributed by atoms with van der Waals surface area (Å²) in [6.07, 6.45) is 4.30. The van der Waals surface area contributed by atoms with Gasteiger partial charge in [0.15, 0.2) is 0 Å². The molecule has 1 saturated carbocycles. The first-order valence-corrected chi connectivity index (χ1v) is 10.2. The second kappa shape index (κ2) is 7.82. The summed E-state index contributed by atoms with van der Waals surface area (Å²) in [5, 5.41) is 18.8. The normalized spacial score (nSPS) is 23.2. The molecule has 2 aromatic rings. The first-order valence-electron chi connectivity index (χ1n) is 9.49. The van der Waals surface area contributed by atoms with E-state index in [-0.39, 0.29) is 17.5 Å². The van der Waals surface area contributed by atoms with Gasteiger partial charge in [-0.15, -0.1) is 0 Å². The van der Waals surface area contributed by atoms with Crippen LogP contribution < -0.4 is 5.32 Å². The van der Waals surface area contributed by atoms with Crippen LogP contribution in [0.4, 0.5) is 0 Å². The number of aromatic carboxylic acids is 1. The van der Waals surface area contributed by atoms with Crippen LogP contribution in [0.2, 0.25) is 10.0 Å². The lowest BCUT2D eigenvalue weighted by Crippen LogP contribution is -2.29. The van der Waals surface area contributed by atoms with Gasteiger partial charge in [-0.25, -0.2) is 4.79 Å². The van der Waals surface area contributed by atoms with Gasteiger partial charge in [0.2, 0.25) is 0 Å². The van der Waals surface area contributed by atoms with Crippen LogP contribution in [-0.2, 0) is 6.54 Å². The summed E-state index contributed by atoms with van der Waals surface area (Å²) in [5.41, 5.74) is 2.36. The number of nitrogens with zero attached hydrogens (tertiary/aromatic N) is 2. The predicted octanol–water partition coefficient (Wildman–Crippen LogP) is 4.55. The summed E-state index contributed by atoms with van der Waals surface area (Å²) in [4.78, 5) is 11.7. The highest BCUT2D eigenvalue weighted by atomic mass is 35.5. The highest BCUT2D eigenvalue weighted by Crippen LogP contribution is 2.40. The summed E-state index contributed by atoms with van der Waals surface area (Å²) < 4.78 is 1.69. The van der Waals surface area contributed by atoms with Crippen molar-refractivity contribution in [1.29, 1.82) is 0 Å². The van der Waals surface area contributed by atoms with Gasteiger partial charge < -0.3 is 10.4 Å². The van der Waals surface area contributed by atoms with Gasteiger partial charge in [-0.2, -0.15) is 5.10 Å². The summed E-state index contributed by atoms with van der Waals surface area (Å²) in [7, 11) is 0. The van der Waals surface area contributed by atoms with Gasteiger partial charge in [-0.05, 0) is 67.8 Å². The molecule has 0 bridgehead atoms. The summed E-state index contributed by atoms with van der Waals surface area (Å²) in [5.74, 6) is 0.0318. The van der Waals surface area contributed by atoms with Crippen LogP contribution in [0, 0.1) is 5.92 Å². The Kier molecular flexibility index (Phi) is 5.44. The van der Waals surface area contributed by atoms with E-state index < -0.39 is 5.97 Å². The van der Waals surface area contributed by atoms with Crippen molar-refractivity contribution in [2.75, 3.05) is 13.1 Å². The molecule has 2 aliphatic rings. The van der Waals surface area contributed by atoms with Crippen molar-refractivity contribution in [3.8, 4) is 0 Å². The van der Waals surface area contributed by atoms with Gasteiger partial charge >= 0.3 is 5.97 Å². The van der Waals surface area contributed by atoms with Crippen LogP contribution >= 0.6 is 23.2 Å². The summed E-state index contributed by atoms with van der Waals surface area (Å²) in [6, 6.07) is 7.58. The molecule has 7 heteroatoms. The quantitative estimate of drug-likeness (QED) is 0.762. The third-order valence-corrected chi connectivity index (χ3v) is 6.38. The third kappa shape index (κ3) is 4.15. The fraction of sp³-hybridized carbons (Fsp3) is 0.500. The van der Waals surface area contributed by atoms with Crippen molar-refractivity contribution in [2.45, 2.75) is 44.1 Å². The number of nitrogens with one attached hydrogen (secondary N) is 1. The average molecular weight is 408 g/mol. The zero-order chi connectivity index (χ0) is 19.0. The molecule has 1 saturated heterocycles. The van der Waals surface area contributed by atoms with Gasteiger partial charge in [-0.3, -0.25) is 4.68 Å². The van der Waals surface area contributed by atoms with Crippen molar-refractivity contribution >= 4 is 29.2 Å². The molecule has 27 heavy (non-hydrogen) atoms. The number of rotatable bonds is 5. The molecular weight excluding hydrogens is 385 g/mol. The van der Waals surface area contributed by atoms with Gasteiger partial charge in [-0.1, -0.05) is 29.3 Å². The van der Waals surface area contributed by atoms with Crippen LogP contribution in [0.3, 0.4) is 0 Å². The maximum absolute atomic E-state index is 11.7. The van der Waals surface area contributed by atoms with Crippen LogP contribution in [0.5, 0.6) is 0 Å². The SMILES string of the molecule is O=C(O)c1cc(C2CC2)nn1C[C@@H]1CNCCC[C@H]1c1ccc(Cl)c(Cl)c1. The number of hydrogen-bond acceptors (Lipinski definition) is 3. The molecule has 0 unspecified atom stereocenters. The van der Waals surface area contributed by atoms with Crippen LogP contribution in [0.25, 0.3) is 0 Å². The van der Waals surface area contributed by atoms with E-state index in [1.807, 2.05) is 18.2 Å². The molecule has 1 aromatic heterocycles. The van der Waals surface area contributed by atoms with E-state index in [1.165, 1.54) is 0 Å². The molecule has 2 fully saturated rings. The second-order valence-electron chi connectivity index (χ2n) is 7.60. The largest absolute Gasteiger partial charge is 0.477 e. The summed E-state index contributed by atoms with van der Waals surface area (Å²) in [6.45, 7) is 2.36. The lowest BCUT2D eigenvalue weighted by atomic mass is 9.83. The Hall–Kier alpha value is -1.56. The topological polar surface area (TPSA) is 67.1 Å². The van der Waals surface area contributed by atoms with Crippen molar-refractivity contribution < 1.29 is 9.90 Å². The van der Waals surface area contributed by atoms with E-state index in [1.54, 1.807) is 10.7 Å². The van der Waals surface area contributed by atoms with E-state index in [4.69, 9.17) is 23.2 Å². The Balaban J connectivity index is 1.63. The number of carbonyl (C=O) groups is 1. The molecule has 1 aliphatic carbocycles. The maximum Gasteiger partial charge on any atom is 0.354 e. The zero-order valence-corrected chi connectivity index (χ0v) is 16.5. The van der Waals surface area contributed by atoms with Gasteiger partial charge in [0.25, 0.3) is 0 Å². The second-order valence-corrected chi connectivity index (χ2v) is 8.42. The highest BCUT2D eigenvalue weighted by Gasteiger charge is 2.31. The van der Waals surface area contributed by atoms with E-state index in [0.717, 1.165) is 50.0 Å². The monoisotopic (exact) mass is 407 g/mol. The number of carboxylic acids is 1. The minimum absolute atomic E-state index is 0.231. The first kappa shape index (κ1) is 18.8. The maximum atomic E-state index is 11.7. The zero-order valence-electron chi connectivity index (χ0n) is 15.0.